The molecule has 0 fully saturated rings. The summed E-state index contributed by atoms with van der Waals surface area (Å²) in [5.74, 6) is 0.278. The fourth-order valence-electron chi connectivity index (χ4n) is 3.50. The standard InChI is InChI=1S/C24H21N3O/c1-16(28)21-22(19-10-6-3-7-11-19)26-24(25)27-23(21)20-14-12-18(13-15-20)17-8-4-2-5-9-17/h2-15,23H,1H3,(H3,25,26,27). The average molecular weight is 367 g/mol. The van der Waals surface area contributed by atoms with Crippen molar-refractivity contribution in [1.82, 2.24) is 5.32 Å². The molecule has 1 aliphatic heterocycles. The van der Waals surface area contributed by atoms with Crippen molar-refractivity contribution in [3.05, 3.63) is 102 Å². The van der Waals surface area contributed by atoms with Gasteiger partial charge >= 0.3 is 0 Å². The third-order valence-corrected chi connectivity index (χ3v) is 4.84. The SMILES string of the molecule is CC(=O)C1=C(c2ccccc2)NC(N)=NC1c1ccc(-c2ccccc2)cc1. The number of nitrogens with two attached hydrogens (primary N) is 1. The van der Waals surface area contributed by atoms with E-state index in [0.717, 1.165) is 28.0 Å². The minimum atomic E-state index is -0.432. The van der Waals surface area contributed by atoms with E-state index in [2.05, 4.69) is 34.6 Å². The minimum absolute atomic E-state index is 0.0280. The molecule has 0 spiro atoms. The van der Waals surface area contributed by atoms with E-state index in [4.69, 9.17) is 5.73 Å². The number of hydrogen-bond donors (Lipinski definition) is 2. The summed E-state index contributed by atoms with van der Waals surface area (Å²) >= 11 is 0. The van der Waals surface area contributed by atoms with Crippen LogP contribution in [0.15, 0.2) is 95.5 Å². The zero-order valence-corrected chi connectivity index (χ0v) is 15.6. The van der Waals surface area contributed by atoms with E-state index in [1.807, 2.05) is 60.7 Å². The number of nitrogens with one attached hydrogen (secondary N) is 1. The van der Waals surface area contributed by atoms with Crippen molar-refractivity contribution in [2.45, 2.75) is 13.0 Å². The minimum Gasteiger partial charge on any atom is -0.370 e. The molecular formula is C24H21N3O. The summed E-state index contributed by atoms with van der Waals surface area (Å²) in [6.07, 6.45) is 0. The molecule has 0 radical (unpaired) electrons. The second-order valence-electron chi connectivity index (χ2n) is 6.74. The normalized spacial score (nSPS) is 16.3. The lowest BCUT2D eigenvalue weighted by Crippen LogP contribution is -2.36. The van der Waals surface area contributed by atoms with Crippen LogP contribution >= 0.6 is 0 Å². The molecule has 3 N–H and O–H groups in total. The van der Waals surface area contributed by atoms with E-state index in [1.54, 1.807) is 6.92 Å². The number of rotatable bonds is 4. The number of benzene rings is 3. The van der Waals surface area contributed by atoms with Crippen LogP contribution in [-0.2, 0) is 4.79 Å². The lowest BCUT2D eigenvalue weighted by atomic mass is 9.90. The van der Waals surface area contributed by atoms with Gasteiger partial charge in [0.2, 0.25) is 0 Å². The molecule has 4 rings (SSSR count). The van der Waals surface area contributed by atoms with Crippen LogP contribution in [-0.4, -0.2) is 11.7 Å². The second kappa shape index (κ2) is 7.53. The van der Waals surface area contributed by atoms with E-state index in [1.165, 1.54) is 0 Å². The van der Waals surface area contributed by atoms with Gasteiger partial charge in [-0.2, -0.15) is 0 Å². The lowest BCUT2D eigenvalue weighted by molar-refractivity contribution is -0.113. The van der Waals surface area contributed by atoms with Gasteiger partial charge in [-0.25, -0.2) is 4.99 Å². The van der Waals surface area contributed by atoms with Gasteiger partial charge in [0, 0.05) is 5.57 Å². The first-order chi connectivity index (χ1) is 13.6. The first kappa shape index (κ1) is 17.7. The van der Waals surface area contributed by atoms with Gasteiger partial charge < -0.3 is 11.1 Å². The molecular weight excluding hydrogens is 346 g/mol. The highest BCUT2D eigenvalue weighted by Gasteiger charge is 2.28. The molecule has 0 aliphatic carbocycles. The van der Waals surface area contributed by atoms with Gasteiger partial charge in [0.25, 0.3) is 0 Å². The Kier molecular flexibility index (Phi) is 4.77. The molecule has 28 heavy (non-hydrogen) atoms. The summed E-state index contributed by atoms with van der Waals surface area (Å²) in [5, 5.41) is 3.09. The quantitative estimate of drug-likeness (QED) is 0.722. The van der Waals surface area contributed by atoms with Gasteiger partial charge in [-0.3, -0.25) is 4.79 Å². The maximum absolute atomic E-state index is 12.6. The Balaban J connectivity index is 1.77. The monoisotopic (exact) mass is 367 g/mol. The highest BCUT2D eigenvalue weighted by molar-refractivity contribution is 6.06. The third-order valence-electron chi connectivity index (χ3n) is 4.84. The topological polar surface area (TPSA) is 67.5 Å². The summed E-state index contributed by atoms with van der Waals surface area (Å²) in [6.45, 7) is 1.57. The maximum Gasteiger partial charge on any atom is 0.194 e. The summed E-state index contributed by atoms with van der Waals surface area (Å²) in [7, 11) is 0. The van der Waals surface area contributed by atoms with Gasteiger partial charge in [-0.15, -0.1) is 0 Å². The van der Waals surface area contributed by atoms with Crippen molar-refractivity contribution in [2.75, 3.05) is 0 Å². The maximum atomic E-state index is 12.6. The van der Waals surface area contributed by atoms with E-state index in [0.29, 0.717) is 11.5 Å². The van der Waals surface area contributed by atoms with Crippen LogP contribution in [0.1, 0.15) is 24.1 Å². The van der Waals surface area contributed by atoms with Gasteiger partial charge in [0.15, 0.2) is 11.7 Å². The Hall–Kier alpha value is -3.66. The second-order valence-corrected chi connectivity index (χ2v) is 6.74. The number of carbonyl (C=O) groups is 1. The number of ketones is 1. The molecule has 4 heteroatoms. The molecule has 1 aliphatic rings. The molecule has 0 amide bonds. The smallest absolute Gasteiger partial charge is 0.194 e. The highest BCUT2D eigenvalue weighted by atomic mass is 16.1. The number of Topliss-reactive ketones (excluding diaryl/α,β-unsaturated/α-hetero) is 1. The van der Waals surface area contributed by atoms with Crippen molar-refractivity contribution < 1.29 is 4.79 Å². The first-order valence-electron chi connectivity index (χ1n) is 9.19. The van der Waals surface area contributed by atoms with E-state index < -0.39 is 6.04 Å². The molecule has 0 aromatic heterocycles. The van der Waals surface area contributed by atoms with Crippen molar-refractivity contribution in [2.24, 2.45) is 10.7 Å². The van der Waals surface area contributed by atoms with Crippen LogP contribution in [0.5, 0.6) is 0 Å². The van der Waals surface area contributed by atoms with Crippen LogP contribution in [0, 0.1) is 0 Å². The van der Waals surface area contributed by atoms with Crippen LogP contribution < -0.4 is 11.1 Å². The fraction of sp³-hybridized carbons (Fsp3) is 0.0833. The lowest BCUT2D eigenvalue weighted by Gasteiger charge is -2.26. The number of nitrogens with zero attached hydrogens (tertiary/aromatic N) is 1. The molecule has 0 bridgehead atoms. The third kappa shape index (κ3) is 3.45. The van der Waals surface area contributed by atoms with Gasteiger partial charge in [-0.05, 0) is 29.2 Å². The number of hydrogen-bond acceptors (Lipinski definition) is 4. The van der Waals surface area contributed by atoms with E-state index in [9.17, 15) is 4.79 Å². The Labute approximate surface area is 164 Å². The van der Waals surface area contributed by atoms with Gasteiger partial charge in [0.05, 0.1) is 5.70 Å². The summed E-state index contributed by atoms with van der Waals surface area (Å²) < 4.78 is 0. The van der Waals surface area contributed by atoms with Crippen molar-refractivity contribution in [3.8, 4) is 11.1 Å². The largest absolute Gasteiger partial charge is 0.370 e. The molecule has 3 aromatic carbocycles. The van der Waals surface area contributed by atoms with E-state index >= 15 is 0 Å². The Morgan fingerprint density at radius 3 is 1.93 bits per heavy atom. The first-order valence-corrected chi connectivity index (χ1v) is 9.19. The van der Waals surface area contributed by atoms with Crippen molar-refractivity contribution in [3.63, 3.8) is 0 Å². The van der Waals surface area contributed by atoms with Crippen molar-refractivity contribution in [1.29, 1.82) is 0 Å². The zero-order chi connectivity index (χ0) is 19.5. The van der Waals surface area contributed by atoms with Crippen LogP contribution in [0.25, 0.3) is 16.8 Å². The van der Waals surface area contributed by atoms with Gasteiger partial charge in [-0.1, -0.05) is 84.9 Å². The molecule has 0 saturated heterocycles. The summed E-state index contributed by atoms with van der Waals surface area (Å²) in [4.78, 5) is 17.1. The summed E-state index contributed by atoms with van der Waals surface area (Å²) in [6, 6.07) is 27.6. The predicted molar refractivity (Wildman–Crippen MR) is 113 cm³/mol. The van der Waals surface area contributed by atoms with E-state index in [-0.39, 0.29) is 5.78 Å². The number of aliphatic imine (C=N–C) groups is 1. The molecule has 3 aromatic rings. The fourth-order valence-corrected chi connectivity index (χ4v) is 3.50. The molecule has 138 valence electrons. The van der Waals surface area contributed by atoms with Gasteiger partial charge in [0.1, 0.15) is 6.04 Å². The molecule has 1 atom stereocenters. The predicted octanol–water partition coefficient (Wildman–Crippen LogP) is 4.31. The van der Waals surface area contributed by atoms with Crippen LogP contribution in [0.4, 0.5) is 0 Å². The molecule has 1 unspecified atom stereocenters. The zero-order valence-electron chi connectivity index (χ0n) is 15.6. The van der Waals surface area contributed by atoms with Crippen LogP contribution in [0.3, 0.4) is 0 Å². The average Bonchev–Trinajstić information content (AvgIpc) is 2.74. The molecule has 0 saturated carbocycles. The Morgan fingerprint density at radius 2 is 1.36 bits per heavy atom. The van der Waals surface area contributed by atoms with Crippen molar-refractivity contribution >= 4 is 17.4 Å². The Morgan fingerprint density at radius 1 is 0.821 bits per heavy atom. The molecule has 4 nitrogen and oxygen atoms in total. The summed E-state index contributed by atoms with van der Waals surface area (Å²) in [5.41, 5.74) is 11.5. The molecule has 1 heterocycles. The number of guanidine groups is 1. The Bertz CT molecular complexity index is 1050. The number of carbonyl (C=O) groups excluding carboxylic acids is 1. The van der Waals surface area contributed by atoms with Crippen LogP contribution in [0.2, 0.25) is 0 Å². The highest BCUT2D eigenvalue weighted by Crippen LogP contribution is 2.35.